The van der Waals surface area contributed by atoms with Crippen LogP contribution >= 0.6 is 0 Å². The van der Waals surface area contributed by atoms with Crippen molar-refractivity contribution in [3.63, 3.8) is 0 Å². The number of rotatable bonds is 4. The SMILES string of the molecule is COC1CCCN(c2ccc([N+](=O)[O-])c(S(C)(=O)=O)c2)C1. The maximum atomic E-state index is 11.8. The number of nitro benzene ring substituents is 1. The first kappa shape index (κ1) is 15.7. The molecule has 1 saturated heterocycles. The number of nitrogens with zero attached hydrogens (tertiary/aromatic N) is 2. The van der Waals surface area contributed by atoms with Gasteiger partial charge in [-0.25, -0.2) is 8.42 Å². The Balaban J connectivity index is 2.40. The average molecular weight is 314 g/mol. The van der Waals surface area contributed by atoms with Gasteiger partial charge in [-0.2, -0.15) is 0 Å². The highest BCUT2D eigenvalue weighted by Crippen LogP contribution is 2.30. The van der Waals surface area contributed by atoms with Crippen LogP contribution in [0.2, 0.25) is 0 Å². The summed E-state index contributed by atoms with van der Waals surface area (Å²) in [5.41, 5.74) is 0.282. The molecule has 1 atom stereocenters. The summed E-state index contributed by atoms with van der Waals surface area (Å²) in [6.45, 7) is 1.43. The molecule has 2 rings (SSSR count). The molecular formula is C13H18N2O5S. The highest BCUT2D eigenvalue weighted by Gasteiger charge is 2.25. The third-order valence-corrected chi connectivity index (χ3v) is 4.74. The zero-order valence-electron chi connectivity index (χ0n) is 12.0. The van der Waals surface area contributed by atoms with Crippen LogP contribution in [0.1, 0.15) is 12.8 Å². The zero-order chi connectivity index (χ0) is 15.6. The first-order valence-electron chi connectivity index (χ1n) is 6.59. The Hall–Kier alpha value is -1.67. The molecule has 0 aliphatic carbocycles. The fraction of sp³-hybridized carbons (Fsp3) is 0.538. The Labute approximate surface area is 123 Å². The lowest BCUT2D eigenvalue weighted by Crippen LogP contribution is -2.39. The fourth-order valence-electron chi connectivity index (χ4n) is 2.51. The number of anilines is 1. The van der Waals surface area contributed by atoms with Crippen LogP contribution in [0.25, 0.3) is 0 Å². The van der Waals surface area contributed by atoms with Crippen molar-refractivity contribution < 1.29 is 18.1 Å². The predicted octanol–water partition coefficient (Wildman–Crippen LogP) is 1.61. The Morgan fingerprint density at radius 2 is 2.14 bits per heavy atom. The van der Waals surface area contributed by atoms with Gasteiger partial charge in [0, 0.05) is 38.2 Å². The van der Waals surface area contributed by atoms with Gasteiger partial charge in [0.2, 0.25) is 0 Å². The van der Waals surface area contributed by atoms with Crippen LogP contribution in [-0.2, 0) is 14.6 Å². The monoisotopic (exact) mass is 314 g/mol. The minimum atomic E-state index is -3.66. The van der Waals surface area contributed by atoms with Gasteiger partial charge >= 0.3 is 0 Å². The first-order valence-corrected chi connectivity index (χ1v) is 8.48. The number of hydrogen-bond acceptors (Lipinski definition) is 6. The standard InChI is InChI=1S/C13H18N2O5S/c1-20-11-4-3-7-14(9-11)10-5-6-12(15(16)17)13(8-10)21(2,18)19/h5-6,8,11H,3-4,7,9H2,1-2H3. The summed E-state index contributed by atoms with van der Waals surface area (Å²) in [5, 5.41) is 11.0. The largest absolute Gasteiger partial charge is 0.380 e. The van der Waals surface area contributed by atoms with E-state index in [0.29, 0.717) is 12.2 Å². The van der Waals surface area contributed by atoms with E-state index in [0.717, 1.165) is 25.6 Å². The van der Waals surface area contributed by atoms with E-state index in [-0.39, 0.29) is 16.7 Å². The zero-order valence-corrected chi connectivity index (χ0v) is 12.8. The van der Waals surface area contributed by atoms with Crippen molar-refractivity contribution in [2.45, 2.75) is 23.8 Å². The lowest BCUT2D eigenvalue weighted by atomic mass is 10.1. The number of piperidine rings is 1. The van der Waals surface area contributed by atoms with Gasteiger partial charge in [-0.05, 0) is 25.0 Å². The normalized spacial score (nSPS) is 19.5. The molecule has 21 heavy (non-hydrogen) atoms. The maximum absolute atomic E-state index is 11.8. The molecule has 7 nitrogen and oxygen atoms in total. The minimum absolute atomic E-state index is 0.0932. The van der Waals surface area contributed by atoms with Gasteiger partial charge < -0.3 is 9.64 Å². The predicted molar refractivity (Wildman–Crippen MR) is 78.5 cm³/mol. The third-order valence-electron chi connectivity index (χ3n) is 3.62. The molecule has 0 saturated carbocycles. The fourth-order valence-corrected chi connectivity index (χ4v) is 3.37. The summed E-state index contributed by atoms with van der Waals surface area (Å²) in [6, 6.07) is 4.22. The Morgan fingerprint density at radius 1 is 1.43 bits per heavy atom. The number of methoxy groups -OCH3 is 1. The topological polar surface area (TPSA) is 89.8 Å². The number of nitro groups is 1. The van der Waals surface area contributed by atoms with Crippen molar-refractivity contribution in [1.29, 1.82) is 0 Å². The molecule has 8 heteroatoms. The molecule has 1 unspecified atom stereocenters. The highest BCUT2D eigenvalue weighted by atomic mass is 32.2. The molecule has 1 heterocycles. The Kier molecular flexibility index (Phi) is 4.48. The van der Waals surface area contributed by atoms with Gasteiger partial charge in [-0.3, -0.25) is 10.1 Å². The van der Waals surface area contributed by atoms with Crippen LogP contribution in [-0.4, -0.2) is 45.9 Å². The van der Waals surface area contributed by atoms with E-state index in [4.69, 9.17) is 4.74 Å². The number of hydrogen-bond donors (Lipinski definition) is 0. The summed E-state index contributed by atoms with van der Waals surface area (Å²) in [7, 11) is -2.01. The van der Waals surface area contributed by atoms with Crippen molar-refractivity contribution in [2.75, 3.05) is 31.4 Å². The van der Waals surface area contributed by atoms with Gasteiger partial charge in [0.05, 0.1) is 11.0 Å². The molecule has 1 aromatic rings. The minimum Gasteiger partial charge on any atom is -0.380 e. The van der Waals surface area contributed by atoms with Crippen LogP contribution in [0.3, 0.4) is 0 Å². The van der Waals surface area contributed by atoms with E-state index >= 15 is 0 Å². The quantitative estimate of drug-likeness (QED) is 0.619. The second-order valence-electron chi connectivity index (χ2n) is 5.13. The lowest BCUT2D eigenvalue weighted by molar-refractivity contribution is -0.387. The molecule has 0 amide bonds. The first-order chi connectivity index (χ1) is 9.82. The van der Waals surface area contributed by atoms with Crippen molar-refractivity contribution in [1.82, 2.24) is 0 Å². The lowest BCUT2D eigenvalue weighted by Gasteiger charge is -2.33. The summed E-state index contributed by atoms with van der Waals surface area (Å²) in [6.07, 6.45) is 2.96. The summed E-state index contributed by atoms with van der Waals surface area (Å²) < 4.78 is 28.9. The van der Waals surface area contributed by atoms with Gasteiger partial charge in [0.1, 0.15) is 4.90 Å². The molecule has 0 bridgehead atoms. The molecule has 116 valence electrons. The van der Waals surface area contributed by atoms with Gasteiger partial charge in [-0.15, -0.1) is 0 Å². The van der Waals surface area contributed by atoms with E-state index < -0.39 is 14.8 Å². The highest BCUT2D eigenvalue weighted by molar-refractivity contribution is 7.90. The van der Waals surface area contributed by atoms with Crippen LogP contribution in [0.4, 0.5) is 11.4 Å². The van der Waals surface area contributed by atoms with Crippen LogP contribution in [0.5, 0.6) is 0 Å². The van der Waals surface area contributed by atoms with E-state index in [1.54, 1.807) is 13.2 Å². The maximum Gasteiger partial charge on any atom is 0.288 e. The van der Waals surface area contributed by atoms with Crippen molar-refractivity contribution in [3.05, 3.63) is 28.3 Å². The summed E-state index contributed by atoms with van der Waals surface area (Å²) >= 11 is 0. The number of benzene rings is 1. The molecule has 1 aliphatic heterocycles. The van der Waals surface area contributed by atoms with Crippen molar-refractivity contribution in [3.8, 4) is 0 Å². The van der Waals surface area contributed by atoms with Crippen LogP contribution in [0, 0.1) is 10.1 Å². The summed E-state index contributed by atoms with van der Waals surface area (Å²) in [4.78, 5) is 12.0. The van der Waals surface area contributed by atoms with E-state index in [1.165, 1.54) is 12.1 Å². The van der Waals surface area contributed by atoms with Crippen LogP contribution < -0.4 is 4.90 Å². The molecule has 0 radical (unpaired) electrons. The smallest absolute Gasteiger partial charge is 0.288 e. The van der Waals surface area contributed by atoms with E-state index in [9.17, 15) is 18.5 Å². The molecule has 0 N–H and O–H groups in total. The Bertz CT molecular complexity index is 644. The second kappa shape index (κ2) is 5.98. The molecule has 1 aromatic carbocycles. The molecule has 0 aromatic heterocycles. The van der Waals surface area contributed by atoms with E-state index in [1.807, 2.05) is 4.90 Å². The molecule has 1 fully saturated rings. The second-order valence-corrected chi connectivity index (χ2v) is 7.11. The third kappa shape index (κ3) is 3.51. The van der Waals surface area contributed by atoms with E-state index in [2.05, 4.69) is 0 Å². The van der Waals surface area contributed by atoms with Crippen LogP contribution in [0.15, 0.2) is 23.1 Å². The van der Waals surface area contributed by atoms with Gasteiger partial charge in [0.15, 0.2) is 9.84 Å². The molecule has 0 spiro atoms. The van der Waals surface area contributed by atoms with Gasteiger partial charge in [0.25, 0.3) is 5.69 Å². The van der Waals surface area contributed by atoms with Gasteiger partial charge in [-0.1, -0.05) is 0 Å². The molecular weight excluding hydrogens is 296 g/mol. The average Bonchev–Trinajstić information content (AvgIpc) is 2.45. The number of ether oxygens (including phenoxy) is 1. The number of sulfone groups is 1. The van der Waals surface area contributed by atoms with Crippen molar-refractivity contribution in [2.24, 2.45) is 0 Å². The summed E-state index contributed by atoms with van der Waals surface area (Å²) in [5.74, 6) is 0. The molecule has 1 aliphatic rings. The van der Waals surface area contributed by atoms with Crippen molar-refractivity contribution >= 4 is 21.2 Å². The Morgan fingerprint density at radius 3 is 2.71 bits per heavy atom.